The van der Waals surface area contributed by atoms with Crippen molar-refractivity contribution < 1.29 is 19.5 Å². The van der Waals surface area contributed by atoms with E-state index in [9.17, 15) is 19.5 Å². The number of aliphatic carboxylic acids is 1. The minimum Gasteiger partial charge on any atom is -0.481 e. The summed E-state index contributed by atoms with van der Waals surface area (Å²) in [6.07, 6.45) is 4.51. The number of allylic oxidation sites excluding steroid dienone is 2. The van der Waals surface area contributed by atoms with Gasteiger partial charge in [-0.2, -0.15) is 0 Å². The van der Waals surface area contributed by atoms with Crippen LogP contribution in [-0.2, 0) is 9.59 Å². The van der Waals surface area contributed by atoms with Crippen molar-refractivity contribution in [1.29, 1.82) is 0 Å². The molecule has 4 rings (SSSR count). The van der Waals surface area contributed by atoms with Crippen LogP contribution in [-0.4, -0.2) is 22.9 Å². The summed E-state index contributed by atoms with van der Waals surface area (Å²) in [5.74, 6) is -3.15. The van der Waals surface area contributed by atoms with E-state index in [1.807, 2.05) is 43.3 Å². The number of aryl methyl sites for hydroxylation is 1. The smallest absolute Gasteiger partial charge is 0.307 e. The van der Waals surface area contributed by atoms with Crippen LogP contribution in [0.2, 0.25) is 0 Å². The minimum absolute atomic E-state index is 0.0905. The predicted molar refractivity (Wildman–Crippen MR) is 121 cm³/mol. The number of nitrogens with one attached hydrogen (secondary N) is 1. The Kier molecular flexibility index (Phi) is 5.47. The average Bonchev–Trinajstić information content (AvgIpc) is 3.40. The van der Waals surface area contributed by atoms with E-state index in [1.54, 1.807) is 0 Å². The molecule has 162 valence electrons. The summed E-state index contributed by atoms with van der Waals surface area (Å²) in [5.41, 5.74) is 8.76. The molecule has 2 amide bonds. The van der Waals surface area contributed by atoms with Crippen molar-refractivity contribution in [2.45, 2.75) is 33.1 Å². The molecule has 1 aromatic carbocycles. The lowest BCUT2D eigenvalue weighted by Crippen LogP contribution is -2.36. The van der Waals surface area contributed by atoms with Crippen LogP contribution in [0.25, 0.3) is 11.1 Å². The predicted octanol–water partition coefficient (Wildman–Crippen LogP) is 4.41. The Labute approximate surface area is 185 Å². The Morgan fingerprint density at radius 3 is 2.26 bits per heavy atom. The highest BCUT2D eigenvalue weighted by Gasteiger charge is 2.51. The SMILES string of the molecule is Cc1sc(NC(=O)[C@@H]2[C@H](C(=O)O)[C@H]3C=C[C@H]2C3)c(C(N)=O)c1-c1ccc(C(C)C)cc1. The highest BCUT2D eigenvalue weighted by molar-refractivity contribution is 7.17. The Hall–Kier alpha value is -2.93. The molecule has 7 heteroatoms. The number of benzene rings is 1. The maximum atomic E-state index is 13.1. The van der Waals surface area contributed by atoms with Crippen molar-refractivity contribution in [1.82, 2.24) is 0 Å². The van der Waals surface area contributed by atoms with Crippen LogP contribution in [0.3, 0.4) is 0 Å². The molecule has 0 radical (unpaired) electrons. The van der Waals surface area contributed by atoms with Gasteiger partial charge in [-0.3, -0.25) is 14.4 Å². The van der Waals surface area contributed by atoms with Crippen LogP contribution in [0, 0.1) is 30.6 Å². The number of carboxylic acids is 1. The molecule has 1 aromatic heterocycles. The summed E-state index contributed by atoms with van der Waals surface area (Å²) >= 11 is 1.29. The molecule has 1 saturated carbocycles. The zero-order chi connectivity index (χ0) is 22.4. The zero-order valence-corrected chi connectivity index (χ0v) is 18.5. The number of fused-ring (bicyclic) bond motifs is 2. The molecular weight excluding hydrogens is 412 g/mol. The lowest BCUT2D eigenvalue weighted by molar-refractivity contribution is -0.146. The van der Waals surface area contributed by atoms with Gasteiger partial charge in [0.25, 0.3) is 5.91 Å². The summed E-state index contributed by atoms with van der Waals surface area (Å²) in [4.78, 5) is 38.1. The maximum absolute atomic E-state index is 13.1. The van der Waals surface area contributed by atoms with Crippen LogP contribution in [0.4, 0.5) is 5.00 Å². The average molecular weight is 439 g/mol. The monoisotopic (exact) mass is 438 g/mol. The number of nitrogens with two attached hydrogens (primary N) is 1. The van der Waals surface area contributed by atoms with Crippen LogP contribution < -0.4 is 11.1 Å². The normalized spacial score (nSPS) is 24.0. The number of primary amides is 1. The first-order chi connectivity index (χ1) is 14.7. The molecule has 0 saturated heterocycles. The molecule has 2 aliphatic rings. The second-order valence-electron chi connectivity index (χ2n) is 8.71. The number of hydrogen-bond donors (Lipinski definition) is 3. The lowest BCUT2D eigenvalue weighted by atomic mass is 9.82. The molecule has 0 spiro atoms. The second kappa shape index (κ2) is 7.96. The summed E-state index contributed by atoms with van der Waals surface area (Å²) in [7, 11) is 0. The van der Waals surface area contributed by atoms with E-state index in [2.05, 4.69) is 19.2 Å². The molecule has 0 unspecified atom stereocenters. The van der Waals surface area contributed by atoms with Gasteiger partial charge < -0.3 is 16.2 Å². The lowest BCUT2D eigenvalue weighted by Gasteiger charge is -2.23. The number of carbonyl (C=O) groups excluding carboxylic acids is 2. The first kappa shape index (κ1) is 21.3. The van der Waals surface area contributed by atoms with Gasteiger partial charge in [-0.25, -0.2) is 0 Å². The van der Waals surface area contributed by atoms with Crippen molar-refractivity contribution in [3.05, 3.63) is 52.4 Å². The van der Waals surface area contributed by atoms with E-state index in [4.69, 9.17) is 5.73 Å². The van der Waals surface area contributed by atoms with E-state index < -0.39 is 23.7 Å². The second-order valence-corrected chi connectivity index (χ2v) is 9.93. The van der Waals surface area contributed by atoms with Crippen molar-refractivity contribution in [3.63, 3.8) is 0 Å². The van der Waals surface area contributed by atoms with Crippen molar-refractivity contribution in [2.24, 2.45) is 29.4 Å². The minimum atomic E-state index is -0.958. The molecule has 4 N–H and O–H groups in total. The van der Waals surface area contributed by atoms with E-state index in [0.29, 0.717) is 22.9 Å². The van der Waals surface area contributed by atoms with Crippen molar-refractivity contribution in [3.8, 4) is 11.1 Å². The van der Waals surface area contributed by atoms with Crippen LogP contribution >= 0.6 is 11.3 Å². The standard InChI is InChI=1S/C24H26N2O4S/c1-11(2)13-4-6-14(7-5-13)17-12(3)31-23(20(17)21(25)27)26-22(28)18-15-8-9-16(10-15)19(18)24(29)30/h4-9,11,15-16,18-19H,10H2,1-3H3,(H2,25,27)(H,26,28)(H,29,30)/t15-,16-,18-,19+/m0/s1. The van der Waals surface area contributed by atoms with Gasteiger partial charge >= 0.3 is 5.97 Å². The number of amides is 2. The van der Waals surface area contributed by atoms with Gasteiger partial charge in [-0.1, -0.05) is 50.3 Å². The van der Waals surface area contributed by atoms with Crippen LogP contribution in [0.1, 0.15) is 47.0 Å². The van der Waals surface area contributed by atoms with Crippen molar-refractivity contribution in [2.75, 3.05) is 5.32 Å². The third-order valence-electron chi connectivity index (χ3n) is 6.48. The first-order valence-corrected chi connectivity index (χ1v) is 11.3. The van der Waals surface area contributed by atoms with Gasteiger partial charge in [0.2, 0.25) is 5.91 Å². The highest BCUT2D eigenvalue weighted by atomic mass is 32.1. The molecule has 0 aliphatic heterocycles. The summed E-state index contributed by atoms with van der Waals surface area (Å²) in [6, 6.07) is 7.98. The van der Waals surface area contributed by atoms with Gasteiger partial charge in [-0.05, 0) is 42.2 Å². The van der Waals surface area contributed by atoms with E-state index in [-0.39, 0.29) is 23.3 Å². The van der Waals surface area contributed by atoms with Crippen molar-refractivity contribution >= 4 is 34.1 Å². The Bertz CT molecular complexity index is 1080. The fourth-order valence-electron chi connectivity index (χ4n) is 4.96. The largest absolute Gasteiger partial charge is 0.481 e. The van der Waals surface area contributed by atoms with Gasteiger partial charge in [-0.15, -0.1) is 11.3 Å². The summed E-state index contributed by atoms with van der Waals surface area (Å²) in [6.45, 7) is 6.12. The van der Waals surface area contributed by atoms with E-state index in [1.165, 1.54) is 16.9 Å². The van der Waals surface area contributed by atoms with Gasteiger partial charge in [0, 0.05) is 10.4 Å². The summed E-state index contributed by atoms with van der Waals surface area (Å²) < 4.78 is 0. The Morgan fingerprint density at radius 2 is 1.71 bits per heavy atom. The number of hydrogen-bond acceptors (Lipinski definition) is 4. The van der Waals surface area contributed by atoms with Gasteiger partial charge in [0.05, 0.1) is 17.4 Å². The number of thiophene rings is 1. The Morgan fingerprint density at radius 1 is 1.10 bits per heavy atom. The quantitative estimate of drug-likeness (QED) is 0.580. The first-order valence-electron chi connectivity index (χ1n) is 10.4. The maximum Gasteiger partial charge on any atom is 0.307 e. The molecular formula is C24H26N2O4S. The third kappa shape index (κ3) is 3.67. The highest BCUT2D eigenvalue weighted by Crippen LogP contribution is 2.49. The molecule has 1 heterocycles. The number of carbonyl (C=O) groups is 3. The topological polar surface area (TPSA) is 109 Å². The summed E-state index contributed by atoms with van der Waals surface area (Å²) in [5, 5.41) is 12.9. The molecule has 2 aliphatic carbocycles. The number of anilines is 1. The third-order valence-corrected chi connectivity index (χ3v) is 7.50. The molecule has 1 fully saturated rings. The fraction of sp³-hybridized carbons (Fsp3) is 0.375. The van der Waals surface area contributed by atoms with Gasteiger partial charge in [0.15, 0.2) is 0 Å². The Balaban J connectivity index is 1.67. The van der Waals surface area contributed by atoms with Gasteiger partial charge in [0.1, 0.15) is 5.00 Å². The molecule has 6 nitrogen and oxygen atoms in total. The number of rotatable bonds is 6. The zero-order valence-electron chi connectivity index (χ0n) is 17.7. The number of carboxylic acid groups (broad SMARTS) is 1. The van der Waals surface area contributed by atoms with E-state index >= 15 is 0 Å². The van der Waals surface area contributed by atoms with Crippen LogP contribution in [0.5, 0.6) is 0 Å². The van der Waals surface area contributed by atoms with Crippen LogP contribution in [0.15, 0.2) is 36.4 Å². The molecule has 4 atom stereocenters. The van der Waals surface area contributed by atoms with E-state index in [0.717, 1.165) is 10.4 Å². The fourth-order valence-corrected chi connectivity index (χ4v) is 6.05. The molecule has 2 bridgehead atoms. The molecule has 31 heavy (non-hydrogen) atoms. The molecule has 2 aromatic rings.